The van der Waals surface area contributed by atoms with Crippen molar-refractivity contribution >= 4 is 60.0 Å². The van der Waals surface area contributed by atoms with Crippen molar-refractivity contribution in [2.45, 2.75) is 19.4 Å². The summed E-state index contributed by atoms with van der Waals surface area (Å²) in [6, 6.07) is 14.3. The molecule has 0 atom stereocenters. The molecule has 0 unspecified atom stereocenters. The second-order valence-electron chi connectivity index (χ2n) is 5.80. The van der Waals surface area contributed by atoms with E-state index in [-0.39, 0.29) is 6.42 Å². The number of aliphatic carboxylic acids is 1. The highest BCUT2D eigenvalue weighted by atomic mass is 35.5. The number of rotatable bonds is 4. The first-order valence-electron chi connectivity index (χ1n) is 7.79. The zero-order valence-corrected chi connectivity index (χ0v) is 14.4. The average Bonchev–Trinajstić information content (AvgIpc) is 2.95. The fourth-order valence-corrected chi connectivity index (χ4v) is 4.64. The SMILES string of the molecule is O=C(O)CCC[n+]1cc2c(Cl)cccc2c2sc3ccccc3c21. The molecule has 4 rings (SSSR count). The molecule has 3 nitrogen and oxygen atoms in total. The Morgan fingerprint density at radius 1 is 1.08 bits per heavy atom. The summed E-state index contributed by atoms with van der Waals surface area (Å²) < 4.78 is 4.59. The van der Waals surface area contributed by atoms with Gasteiger partial charge in [-0.3, -0.25) is 4.79 Å². The fraction of sp³-hybridized carbons (Fsp3) is 0.158. The molecule has 0 aliphatic rings. The van der Waals surface area contributed by atoms with Gasteiger partial charge in [0, 0.05) is 16.5 Å². The van der Waals surface area contributed by atoms with E-state index in [4.69, 9.17) is 16.7 Å². The van der Waals surface area contributed by atoms with Gasteiger partial charge in [0.2, 0.25) is 5.52 Å². The molecule has 0 radical (unpaired) electrons. The molecule has 1 N–H and O–H groups in total. The van der Waals surface area contributed by atoms with Crippen LogP contribution >= 0.6 is 22.9 Å². The molecule has 0 amide bonds. The maximum absolute atomic E-state index is 10.9. The van der Waals surface area contributed by atoms with Crippen LogP contribution in [-0.4, -0.2) is 11.1 Å². The maximum Gasteiger partial charge on any atom is 0.303 e. The van der Waals surface area contributed by atoms with Crippen molar-refractivity contribution in [1.82, 2.24) is 0 Å². The van der Waals surface area contributed by atoms with Gasteiger partial charge in [-0.2, -0.15) is 4.57 Å². The predicted octanol–water partition coefficient (Wildman–Crippen LogP) is 5.01. The number of fused-ring (bicyclic) bond motifs is 5. The summed E-state index contributed by atoms with van der Waals surface area (Å²) in [6.45, 7) is 0.657. The standard InChI is InChI=1S/C19H14ClNO2S/c20-15-7-3-6-12-14(15)11-21(10-4-9-17(22)23)18-13-5-1-2-8-16(13)24-19(12)18/h1-3,5-8,11H,4,9-10H2/p+1. The van der Waals surface area contributed by atoms with Gasteiger partial charge in [-0.15, -0.1) is 11.3 Å². The lowest BCUT2D eigenvalue weighted by molar-refractivity contribution is -0.669. The van der Waals surface area contributed by atoms with Gasteiger partial charge in [0.15, 0.2) is 6.20 Å². The Morgan fingerprint density at radius 3 is 2.71 bits per heavy atom. The van der Waals surface area contributed by atoms with E-state index in [0.717, 1.165) is 21.3 Å². The van der Waals surface area contributed by atoms with Crippen LogP contribution in [0.1, 0.15) is 12.8 Å². The van der Waals surface area contributed by atoms with Crippen LogP contribution in [0.3, 0.4) is 0 Å². The second kappa shape index (κ2) is 6.04. The third kappa shape index (κ3) is 2.52. The van der Waals surface area contributed by atoms with E-state index >= 15 is 0 Å². The molecule has 0 aliphatic carbocycles. The fourth-order valence-electron chi connectivity index (χ4n) is 3.16. The van der Waals surface area contributed by atoms with Crippen LogP contribution in [0, 0.1) is 0 Å². The number of carboxylic acid groups (broad SMARTS) is 1. The lowest BCUT2D eigenvalue weighted by Gasteiger charge is -2.04. The Bertz CT molecular complexity index is 1090. The van der Waals surface area contributed by atoms with Crippen molar-refractivity contribution in [2.75, 3.05) is 0 Å². The Kier molecular flexibility index (Phi) is 3.87. The molecule has 2 aromatic carbocycles. The molecule has 5 heteroatoms. The zero-order valence-electron chi connectivity index (χ0n) is 12.8. The lowest BCUT2D eigenvalue weighted by atomic mass is 10.1. The minimum Gasteiger partial charge on any atom is -0.481 e. The molecule has 120 valence electrons. The number of nitrogens with zero attached hydrogens (tertiary/aromatic N) is 1. The highest BCUT2D eigenvalue weighted by Gasteiger charge is 2.20. The first-order valence-corrected chi connectivity index (χ1v) is 8.98. The monoisotopic (exact) mass is 356 g/mol. The number of carboxylic acids is 1. The number of carbonyl (C=O) groups is 1. The summed E-state index contributed by atoms with van der Waals surface area (Å²) in [7, 11) is 0. The van der Waals surface area contributed by atoms with Crippen molar-refractivity contribution in [1.29, 1.82) is 0 Å². The number of aryl methyl sites for hydroxylation is 1. The number of hydrogen-bond donors (Lipinski definition) is 1. The quantitative estimate of drug-likeness (QED) is 0.522. The van der Waals surface area contributed by atoms with Gasteiger partial charge in [-0.05, 0) is 18.2 Å². The van der Waals surface area contributed by atoms with E-state index in [1.54, 1.807) is 11.3 Å². The summed E-state index contributed by atoms with van der Waals surface area (Å²) in [5, 5.41) is 13.0. The number of aromatic nitrogens is 1. The maximum atomic E-state index is 10.9. The number of pyridine rings is 1. The number of benzene rings is 2. The van der Waals surface area contributed by atoms with E-state index in [2.05, 4.69) is 29.0 Å². The molecular formula is C19H15ClNO2S+. The van der Waals surface area contributed by atoms with E-state index < -0.39 is 5.97 Å². The van der Waals surface area contributed by atoms with Gasteiger partial charge in [-0.1, -0.05) is 35.9 Å². The van der Waals surface area contributed by atoms with Crippen LogP contribution in [0.5, 0.6) is 0 Å². The molecule has 0 spiro atoms. The minimum atomic E-state index is -0.763. The Morgan fingerprint density at radius 2 is 1.88 bits per heavy atom. The second-order valence-corrected chi connectivity index (χ2v) is 7.26. The Labute approximate surface area is 147 Å². The zero-order chi connectivity index (χ0) is 16.7. The minimum absolute atomic E-state index is 0.164. The summed E-state index contributed by atoms with van der Waals surface area (Å²) in [4.78, 5) is 10.9. The van der Waals surface area contributed by atoms with Crippen molar-refractivity contribution in [3.05, 3.63) is 53.7 Å². The van der Waals surface area contributed by atoms with Gasteiger partial charge < -0.3 is 5.11 Å². The van der Waals surface area contributed by atoms with Crippen molar-refractivity contribution in [2.24, 2.45) is 0 Å². The highest BCUT2D eigenvalue weighted by molar-refractivity contribution is 7.26. The Balaban J connectivity index is 2.02. The van der Waals surface area contributed by atoms with E-state index in [1.165, 1.54) is 14.8 Å². The van der Waals surface area contributed by atoms with Crippen LogP contribution in [0.4, 0.5) is 0 Å². The van der Waals surface area contributed by atoms with Crippen LogP contribution in [-0.2, 0) is 11.3 Å². The molecule has 0 saturated carbocycles. The third-order valence-corrected chi connectivity index (χ3v) is 5.75. The molecule has 4 aromatic rings. The van der Waals surface area contributed by atoms with Crippen molar-refractivity contribution in [3.8, 4) is 0 Å². The Hall–Kier alpha value is -2.17. The van der Waals surface area contributed by atoms with Crippen molar-refractivity contribution in [3.63, 3.8) is 0 Å². The molecule has 0 fully saturated rings. The van der Waals surface area contributed by atoms with Gasteiger partial charge in [0.1, 0.15) is 11.2 Å². The molecular weight excluding hydrogens is 342 g/mol. The van der Waals surface area contributed by atoms with Gasteiger partial charge >= 0.3 is 5.97 Å². The highest BCUT2D eigenvalue weighted by Crippen LogP contribution is 2.37. The van der Waals surface area contributed by atoms with Crippen LogP contribution in [0.2, 0.25) is 5.02 Å². The molecule has 24 heavy (non-hydrogen) atoms. The van der Waals surface area contributed by atoms with Crippen LogP contribution in [0.15, 0.2) is 48.7 Å². The van der Waals surface area contributed by atoms with Crippen LogP contribution in [0.25, 0.3) is 31.1 Å². The van der Waals surface area contributed by atoms with Gasteiger partial charge in [0.05, 0.1) is 22.2 Å². The third-order valence-electron chi connectivity index (χ3n) is 4.23. The molecule has 0 saturated heterocycles. The van der Waals surface area contributed by atoms with Gasteiger partial charge in [-0.25, -0.2) is 0 Å². The molecule has 2 heterocycles. The number of halogens is 1. The smallest absolute Gasteiger partial charge is 0.303 e. The predicted molar refractivity (Wildman–Crippen MR) is 98.9 cm³/mol. The van der Waals surface area contributed by atoms with E-state index in [0.29, 0.717) is 13.0 Å². The first kappa shape index (κ1) is 15.4. The normalized spacial score (nSPS) is 11.5. The van der Waals surface area contributed by atoms with Crippen LogP contribution < -0.4 is 4.57 Å². The van der Waals surface area contributed by atoms with E-state index in [1.807, 2.05) is 24.3 Å². The lowest BCUT2D eigenvalue weighted by Crippen LogP contribution is -2.34. The summed E-state index contributed by atoms with van der Waals surface area (Å²) in [5.41, 5.74) is 1.16. The molecule has 0 aliphatic heterocycles. The molecule has 2 aromatic heterocycles. The summed E-state index contributed by atoms with van der Waals surface area (Å²) >= 11 is 8.17. The number of thiophene rings is 1. The summed E-state index contributed by atoms with van der Waals surface area (Å²) in [5.74, 6) is -0.763. The van der Waals surface area contributed by atoms with Gasteiger partial charge in [0.25, 0.3) is 0 Å². The average molecular weight is 357 g/mol. The summed E-state index contributed by atoms with van der Waals surface area (Å²) in [6.07, 6.45) is 2.81. The van der Waals surface area contributed by atoms with E-state index in [9.17, 15) is 4.79 Å². The van der Waals surface area contributed by atoms with Crippen molar-refractivity contribution < 1.29 is 14.5 Å². The first-order chi connectivity index (χ1) is 11.6. The molecule has 0 bridgehead atoms. The number of hydrogen-bond acceptors (Lipinski definition) is 2. The largest absolute Gasteiger partial charge is 0.481 e. The topological polar surface area (TPSA) is 41.2 Å².